The number of aromatic nitrogens is 1. The Kier molecular flexibility index (Phi) is 5.78. The van der Waals surface area contributed by atoms with Crippen LogP contribution < -0.4 is 10.1 Å². The lowest BCUT2D eigenvalue weighted by atomic mass is 9.86. The van der Waals surface area contributed by atoms with Crippen LogP contribution in [0.25, 0.3) is 22.6 Å². The summed E-state index contributed by atoms with van der Waals surface area (Å²) in [5.74, 6) is 2.50. The van der Waals surface area contributed by atoms with Gasteiger partial charge in [-0.1, -0.05) is 72.8 Å². The molecule has 0 bridgehead atoms. The highest BCUT2D eigenvalue weighted by Gasteiger charge is 2.27. The first-order valence-corrected chi connectivity index (χ1v) is 11.3. The standard InChI is InChI=1S/C28H28N2O2/c1-19(29-24-17-9-16-23-22(24)15-10-18-25(23)31-2)28-30-26(20-11-5-3-6-12-20)27(32-28)21-13-7-4-8-14-21/h3-8,10-15,18-19,24,29H,9,16-17H2,1-2H3. The maximum absolute atomic E-state index is 6.39. The predicted octanol–water partition coefficient (Wildman–Crippen LogP) is 6.75. The molecule has 5 rings (SSSR count). The average molecular weight is 425 g/mol. The molecule has 32 heavy (non-hydrogen) atoms. The molecule has 4 aromatic rings. The van der Waals surface area contributed by atoms with Crippen molar-refractivity contribution in [2.45, 2.75) is 38.3 Å². The van der Waals surface area contributed by atoms with Gasteiger partial charge in [-0.25, -0.2) is 4.98 Å². The van der Waals surface area contributed by atoms with Crippen LogP contribution >= 0.6 is 0 Å². The van der Waals surface area contributed by atoms with Gasteiger partial charge in [0.15, 0.2) is 5.76 Å². The van der Waals surface area contributed by atoms with E-state index < -0.39 is 0 Å². The van der Waals surface area contributed by atoms with Crippen molar-refractivity contribution in [2.75, 3.05) is 7.11 Å². The Labute approximate surface area is 189 Å². The van der Waals surface area contributed by atoms with E-state index >= 15 is 0 Å². The summed E-state index contributed by atoms with van der Waals surface area (Å²) in [6, 6.07) is 27.0. The molecule has 0 saturated heterocycles. The zero-order valence-electron chi connectivity index (χ0n) is 18.5. The predicted molar refractivity (Wildman–Crippen MR) is 128 cm³/mol. The van der Waals surface area contributed by atoms with Crippen molar-refractivity contribution in [3.63, 3.8) is 0 Å². The molecule has 0 spiro atoms. The number of benzene rings is 3. The van der Waals surface area contributed by atoms with E-state index in [4.69, 9.17) is 14.1 Å². The summed E-state index contributed by atoms with van der Waals surface area (Å²) in [5.41, 5.74) is 5.60. The van der Waals surface area contributed by atoms with Gasteiger partial charge in [0.05, 0.1) is 13.2 Å². The second-order valence-electron chi connectivity index (χ2n) is 8.32. The highest BCUT2D eigenvalue weighted by atomic mass is 16.5. The van der Waals surface area contributed by atoms with Crippen LogP contribution in [0.4, 0.5) is 0 Å². The SMILES string of the molecule is COc1cccc2c1CCCC2NC(C)c1nc(-c2ccccc2)c(-c2ccccc2)o1. The van der Waals surface area contributed by atoms with Gasteiger partial charge in [0.25, 0.3) is 0 Å². The number of rotatable bonds is 6. The summed E-state index contributed by atoms with van der Waals surface area (Å²) in [6.07, 6.45) is 3.28. The molecule has 4 heteroatoms. The molecule has 3 aromatic carbocycles. The molecular weight excluding hydrogens is 396 g/mol. The molecule has 0 aliphatic heterocycles. The quantitative estimate of drug-likeness (QED) is 0.372. The second kappa shape index (κ2) is 9.01. The van der Waals surface area contributed by atoms with Crippen LogP contribution in [0.15, 0.2) is 83.3 Å². The number of ether oxygens (including phenoxy) is 1. The zero-order valence-corrected chi connectivity index (χ0v) is 18.5. The van der Waals surface area contributed by atoms with Gasteiger partial charge in [-0.2, -0.15) is 0 Å². The Morgan fingerprint density at radius 2 is 1.66 bits per heavy atom. The van der Waals surface area contributed by atoms with Gasteiger partial charge in [-0.15, -0.1) is 0 Å². The molecule has 162 valence electrons. The zero-order chi connectivity index (χ0) is 21.9. The molecule has 0 fully saturated rings. The largest absolute Gasteiger partial charge is 0.496 e. The van der Waals surface area contributed by atoms with Crippen molar-refractivity contribution < 1.29 is 9.15 Å². The molecule has 1 aromatic heterocycles. The van der Waals surface area contributed by atoms with E-state index in [0.717, 1.165) is 47.6 Å². The molecule has 0 radical (unpaired) electrons. The fourth-order valence-electron chi connectivity index (χ4n) is 4.65. The first-order chi connectivity index (χ1) is 15.7. The van der Waals surface area contributed by atoms with Crippen molar-refractivity contribution in [3.8, 4) is 28.3 Å². The minimum atomic E-state index is -0.0305. The fourth-order valence-corrected chi connectivity index (χ4v) is 4.65. The molecule has 1 N–H and O–H groups in total. The number of hydrogen-bond acceptors (Lipinski definition) is 4. The number of fused-ring (bicyclic) bond motifs is 1. The van der Waals surface area contributed by atoms with Crippen LogP contribution in [-0.2, 0) is 6.42 Å². The van der Waals surface area contributed by atoms with Gasteiger partial charge in [-0.3, -0.25) is 5.32 Å². The summed E-state index contributed by atoms with van der Waals surface area (Å²) in [7, 11) is 1.75. The Morgan fingerprint density at radius 3 is 2.38 bits per heavy atom. The third-order valence-electron chi connectivity index (χ3n) is 6.23. The molecule has 1 aliphatic rings. The third-order valence-corrected chi connectivity index (χ3v) is 6.23. The average Bonchev–Trinajstić information content (AvgIpc) is 3.31. The van der Waals surface area contributed by atoms with Crippen molar-refractivity contribution >= 4 is 0 Å². The maximum Gasteiger partial charge on any atom is 0.212 e. The molecular formula is C28H28N2O2. The van der Waals surface area contributed by atoms with Crippen LogP contribution in [0.1, 0.15) is 48.9 Å². The van der Waals surface area contributed by atoms with Gasteiger partial charge in [0.1, 0.15) is 11.4 Å². The molecule has 0 amide bonds. The van der Waals surface area contributed by atoms with E-state index in [2.05, 4.69) is 54.7 Å². The number of hydrogen-bond donors (Lipinski definition) is 1. The Morgan fingerprint density at radius 1 is 0.938 bits per heavy atom. The van der Waals surface area contributed by atoms with E-state index in [1.165, 1.54) is 11.1 Å². The molecule has 0 saturated carbocycles. The van der Waals surface area contributed by atoms with Gasteiger partial charge >= 0.3 is 0 Å². The van der Waals surface area contributed by atoms with E-state index in [1.54, 1.807) is 7.11 Å². The molecule has 4 nitrogen and oxygen atoms in total. The van der Waals surface area contributed by atoms with Gasteiger partial charge in [0, 0.05) is 17.2 Å². The van der Waals surface area contributed by atoms with Gasteiger partial charge in [0.2, 0.25) is 5.89 Å². The minimum absolute atomic E-state index is 0.0305. The van der Waals surface area contributed by atoms with Crippen LogP contribution in [-0.4, -0.2) is 12.1 Å². The third kappa shape index (κ3) is 3.94. The maximum atomic E-state index is 6.39. The second-order valence-corrected chi connectivity index (χ2v) is 8.32. The summed E-state index contributed by atoms with van der Waals surface area (Å²) in [4.78, 5) is 4.96. The van der Waals surface area contributed by atoms with Crippen molar-refractivity contribution in [1.82, 2.24) is 10.3 Å². The highest BCUT2D eigenvalue weighted by molar-refractivity contribution is 5.76. The van der Waals surface area contributed by atoms with Crippen LogP contribution in [0.3, 0.4) is 0 Å². The monoisotopic (exact) mass is 424 g/mol. The lowest BCUT2D eigenvalue weighted by Crippen LogP contribution is -2.28. The summed E-state index contributed by atoms with van der Waals surface area (Å²) in [6.45, 7) is 2.13. The van der Waals surface area contributed by atoms with E-state index in [-0.39, 0.29) is 12.1 Å². The Balaban J connectivity index is 1.48. The van der Waals surface area contributed by atoms with Crippen molar-refractivity contribution in [2.24, 2.45) is 0 Å². The van der Waals surface area contributed by atoms with Crippen molar-refractivity contribution in [1.29, 1.82) is 0 Å². The molecule has 2 atom stereocenters. The first kappa shape index (κ1) is 20.5. The van der Waals surface area contributed by atoms with Crippen molar-refractivity contribution in [3.05, 3.63) is 95.9 Å². The van der Waals surface area contributed by atoms with E-state index in [0.29, 0.717) is 5.89 Å². The normalized spacial score (nSPS) is 16.4. The summed E-state index contributed by atoms with van der Waals surface area (Å²) >= 11 is 0. The van der Waals surface area contributed by atoms with Gasteiger partial charge < -0.3 is 9.15 Å². The molecule has 2 unspecified atom stereocenters. The number of nitrogens with one attached hydrogen (secondary N) is 1. The number of nitrogens with zero attached hydrogens (tertiary/aromatic N) is 1. The van der Waals surface area contributed by atoms with E-state index in [9.17, 15) is 0 Å². The van der Waals surface area contributed by atoms with Gasteiger partial charge in [-0.05, 0) is 43.4 Å². The number of methoxy groups -OCH3 is 1. The summed E-state index contributed by atoms with van der Waals surface area (Å²) in [5, 5.41) is 3.77. The minimum Gasteiger partial charge on any atom is -0.496 e. The fraction of sp³-hybridized carbons (Fsp3) is 0.250. The number of oxazole rings is 1. The summed E-state index contributed by atoms with van der Waals surface area (Å²) < 4.78 is 12.0. The van der Waals surface area contributed by atoms with Crippen LogP contribution in [0, 0.1) is 0 Å². The highest BCUT2D eigenvalue weighted by Crippen LogP contribution is 2.38. The molecule has 1 heterocycles. The first-order valence-electron chi connectivity index (χ1n) is 11.3. The Bertz CT molecular complexity index is 1130. The smallest absolute Gasteiger partial charge is 0.212 e. The molecule has 1 aliphatic carbocycles. The van der Waals surface area contributed by atoms with Crippen LogP contribution in [0.2, 0.25) is 0 Å². The topological polar surface area (TPSA) is 47.3 Å². The van der Waals surface area contributed by atoms with Crippen LogP contribution in [0.5, 0.6) is 5.75 Å². The Hall–Kier alpha value is -3.37. The van der Waals surface area contributed by atoms with E-state index in [1.807, 2.05) is 36.4 Å². The lowest BCUT2D eigenvalue weighted by Gasteiger charge is -2.29. The lowest BCUT2D eigenvalue weighted by molar-refractivity contribution is 0.354.